The first-order chi connectivity index (χ1) is 17.7. The van der Waals surface area contributed by atoms with Gasteiger partial charge in [-0.25, -0.2) is 9.67 Å². The van der Waals surface area contributed by atoms with Crippen LogP contribution in [0.4, 0.5) is 13.2 Å². The number of hydrogen-bond acceptors (Lipinski definition) is 9. The number of nitrogens with zero attached hydrogens (tertiary/aromatic N) is 9. The fraction of sp³-hybridized carbons (Fsp3) is 0.391. The Morgan fingerprint density at radius 3 is 2.59 bits per heavy atom. The number of rotatable bonds is 5. The molecule has 1 aliphatic rings. The van der Waals surface area contributed by atoms with Crippen LogP contribution in [0, 0.1) is 29.7 Å². The average Bonchev–Trinajstić information content (AvgIpc) is 3.62. The first-order valence-electron chi connectivity index (χ1n) is 11.4. The lowest BCUT2D eigenvalue weighted by molar-refractivity contribution is -0.155. The molecule has 5 heterocycles. The van der Waals surface area contributed by atoms with E-state index in [1.165, 1.54) is 17.5 Å². The molecule has 0 spiro atoms. The van der Waals surface area contributed by atoms with Crippen LogP contribution in [-0.4, -0.2) is 47.5 Å². The molecule has 0 N–H and O–H groups in total. The molecule has 0 aromatic carbocycles. The predicted octanol–water partition coefficient (Wildman–Crippen LogP) is 4.04. The Balaban J connectivity index is 1.50. The second kappa shape index (κ2) is 9.13. The van der Waals surface area contributed by atoms with Crippen LogP contribution in [0.5, 0.6) is 5.88 Å². The number of halogens is 3. The Bertz CT molecular complexity index is 1530. The molecule has 190 valence electrons. The van der Waals surface area contributed by atoms with Crippen molar-refractivity contribution in [1.82, 2.24) is 34.4 Å². The Labute approximate surface area is 208 Å². The summed E-state index contributed by atoms with van der Waals surface area (Å²) >= 11 is 0. The van der Waals surface area contributed by atoms with Gasteiger partial charge in [0, 0.05) is 30.8 Å². The molecule has 0 aliphatic carbocycles. The summed E-state index contributed by atoms with van der Waals surface area (Å²) in [6.07, 6.45) is -0.561. The molecule has 4 aromatic heterocycles. The highest BCUT2D eigenvalue weighted by atomic mass is 19.4. The van der Waals surface area contributed by atoms with Crippen LogP contribution in [0.3, 0.4) is 0 Å². The van der Waals surface area contributed by atoms with Gasteiger partial charge in [-0.1, -0.05) is 10.4 Å². The number of alkyl halides is 3. The SMILES string of the molecule is Cc1c(-c2cc(OC(C)c3cc(C(F)(F)F)on3)n3c(C#N)cnc3c2)nnn1C1CCN(C#N)CC1. The Kier molecular flexibility index (Phi) is 5.95. The van der Waals surface area contributed by atoms with Gasteiger partial charge in [0.1, 0.15) is 34.9 Å². The Morgan fingerprint density at radius 1 is 1.19 bits per heavy atom. The highest BCUT2D eigenvalue weighted by Crippen LogP contribution is 2.34. The molecule has 1 atom stereocenters. The van der Waals surface area contributed by atoms with E-state index in [1.54, 1.807) is 17.0 Å². The highest BCUT2D eigenvalue weighted by Gasteiger charge is 2.37. The molecule has 1 saturated heterocycles. The van der Waals surface area contributed by atoms with E-state index in [2.05, 4.69) is 31.2 Å². The summed E-state index contributed by atoms with van der Waals surface area (Å²) in [5.74, 6) is -1.06. The molecule has 37 heavy (non-hydrogen) atoms. The van der Waals surface area contributed by atoms with E-state index >= 15 is 0 Å². The zero-order chi connectivity index (χ0) is 26.3. The van der Waals surface area contributed by atoms with Crippen molar-refractivity contribution < 1.29 is 22.4 Å². The Hall–Kier alpha value is -4.59. The molecule has 0 saturated carbocycles. The number of aromatic nitrogens is 6. The molecule has 4 aromatic rings. The lowest BCUT2D eigenvalue weighted by atomic mass is 10.0. The summed E-state index contributed by atoms with van der Waals surface area (Å²) in [6, 6.07) is 6.27. The number of pyridine rings is 1. The topological polar surface area (TPSA) is 134 Å². The molecule has 1 fully saturated rings. The van der Waals surface area contributed by atoms with Crippen molar-refractivity contribution in [3.8, 4) is 29.4 Å². The van der Waals surface area contributed by atoms with Crippen molar-refractivity contribution in [2.45, 2.75) is 45.0 Å². The smallest absolute Gasteiger partial charge is 0.452 e. The summed E-state index contributed by atoms with van der Waals surface area (Å²) in [5.41, 5.74) is 2.50. The number of piperidine rings is 1. The third-order valence-electron chi connectivity index (χ3n) is 6.36. The van der Waals surface area contributed by atoms with Gasteiger partial charge >= 0.3 is 6.18 Å². The molecule has 5 rings (SSSR count). The molecule has 0 radical (unpaired) electrons. The van der Waals surface area contributed by atoms with E-state index in [0.717, 1.165) is 24.6 Å². The second-order valence-corrected chi connectivity index (χ2v) is 8.69. The normalized spacial score (nSPS) is 15.5. The number of imidazole rings is 1. The van der Waals surface area contributed by atoms with Crippen LogP contribution < -0.4 is 4.74 Å². The molecule has 1 unspecified atom stereocenters. The van der Waals surface area contributed by atoms with Gasteiger partial charge in [0.05, 0.1) is 17.9 Å². The lowest BCUT2D eigenvalue weighted by Gasteiger charge is -2.28. The zero-order valence-corrected chi connectivity index (χ0v) is 19.8. The van der Waals surface area contributed by atoms with Crippen molar-refractivity contribution in [2.24, 2.45) is 0 Å². The van der Waals surface area contributed by atoms with Crippen LogP contribution in [0.1, 0.15) is 54.8 Å². The minimum Gasteiger partial charge on any atom is -0.469 e. The van der Waals surface area contributed by atoms with Crippen LogP contribution in [-0.2, 0) is 6.18 Å². The maximum absolute atomic E-state index is 13.0. The first kappa shape index (κ1) is 24.1. The summed E-state index contributed by atoms with van der Waals surface area (Å²) in [6.45, 7) is 4.69. The number of likely N-dealkylation sites (tertiary alicyclic amines) is 1. The molecule has 11 nitrogen and oxygen atoms in total. The van der Waals surface area contributed by atoms with E-state index in [-0.39, 0.29) is 23.3 Å². The third kappa shape index (κ3) is 4.42. The lowest BCUT2D eigenvalue weighted by Crippen LogP contribution is -2.31. The number of nitriles is 2. The number of ether oxygens (including phenoxy) is 1. The fourth-order valence-corrected chi connectivity index (χ4v) is 4.40. The van der Waals surface area contributed by atoms with Gasteiger partial charge in [0.15, 0.2) is 6.19 Å². The van der Waals surface area contributed by atoms with Crippen LogP contribution in [0.25, 0.3) is 16.9 Å². The minimum absolute atomic E-state index is 0.0599. The van der Waals surface area contributed by atoms with Crippen LogP contribution >= 0.6 is 0 Å². The fourth-order valence-electron chi connectivity index (χ4n) is 4.40. The van der Waals surface area contributed by atoms with Crippen LogP contribution in [0.15, 0.2) is 28.9 Å². The van der Waals surface area contributed by atoms with E-state index in [0.29, 0.717) is 30.0 Å². The van der Waals surface area contributed by atoms with E-state index in [4.69, 9.17) is 10.00 Å². The third-order valence-corrected chi connectivity index (χ3v) is 6.36. The molecule has 0 amide bonds. The number of fused-ring (bicyclic) bond motifs is 1. The summed E-state index contributed by atoms with van der Waals surface area (Å²) in [5, 5.41) is 30.8. The summed E-state index contributed by atoms with van der Waals surface area (Å²) in [4.78, 5) is 5.99. The number of hydrogen-bond donors (Lipinski definition) is 0. The monoisotopic (exact) mass is 511 g/mol. The second-order valence-electron chi connectivity index (χ2n) is 8.69. The van der Waals surface area contributed by atoms with Crippen molar-refractivity contribution in [2.75, 3.05) is 13.1 Å². The predicted molar refractivity (Wildman–Crippen MR) is 120 cm³/mol. The van der Waals surface area contributed by atoms with Gasteiger partial charge in [0.25, 0.3) is 0 Å². The largest absolute Gasteiger partial charge is 0.469 e. The maximum atomic E-state index is 13.0. The Morgan fingerprint density at radius 2 is 1.95 bits per heavy atom. The quantitative estimate of drug-likeness (QED) is 0.364. The zero-order valence-electron chi connectivity index (χ0n) is 19.8. The molecule has 0 bridgehead atoms. The van der Waals surface area contributed by atoms with Gasteiger partial charge in [0.2, 0.25) is 11.6 Å². The molecular formula is C23H20F3N9O2. The van der Waals surface area contributed by atoms with Crippen molar-refractivity contribution in [3.05, 3.63) is 47.2 Å². The van der Waals surface area contributed by atoms with Crippen molar-refractivity contribution in [1.29, 1.82) is 10.5 Å². The summed E-state index contributed by atoms with van der Waals surface area (Å²) < 4.78 is 52.6. The van der Waals surface area contributed by atoms with E-state index in [9.17, 15) is 18.4 Å². The molecular weight excluding hydrogens is 491 g/mol. The molecule has 1 aliphatic heterocycles. The molecule has 14 heteroatoms. The maximum Gasteiger partial charge on any atom is 0.452 e. The standard InChI is InChI=1S/C23H20F3N9O2/c1-13-22(30-32-35(13)16-3-5-33(12-28)6-4-16)15-7-20-29-11-17(10-27)34(20)21(8-15)36-14(2)18-9-19(37-31-18)23(24,25)26/h7-9,11,14,16H,3-6H2,1-2H3. The van der Waals surface area contributed by atoms with Gasteiger partial charge in [-0.2, -0.15) is 23.7 Å². The van der Waals surface area contributed by atoms with Crippen molar-refractivity contribution >= 4 is 5.65 Å². The van der Waals surface area contributed by atoms with Gasteiger partial charge < -0.3 is 14.2 Å². The van der Waals surface area contributed by atoms with Gasteiger partial charge in [-0.05, 0) is 32.8 Å². The van der Waals surface area contributed by atoms with Gasteiger partial charge in [-0.3, -0.25) is 4.40 Å². The summed E-state index contributed by atoms with van der Waals surface area (Å²) in [7, 11) is 0. The first-order valence-corrected chi connectivity index (χ1v) is 11.4. The van der Waals surface area contributed by atoms with Gasteiger partial charge in [-0.15, -0.1) is 5.10 Å². The minimum atomic E-state index is -4.68. The van der Waals surface area contributed by atoms with E-state index in [1.807, 2.05) is 17.7 Å². The van der Waals surface area contributed by atoms with E-state index < -0.39 is 18.0 Å². The average molecular weight is 511 g/mol. The highest BCUT2D eigenvalue weighted by molar-refractivity contribution is 5.68. The van der Waals surface area contributed by atoms with Crippen LogP contribution in [0.2, 0.25) is 0 Å². The van der Waals surface area contributed by atoms with Crippen molar-refractivity contribution in [3.63, 3.8) is 0 Å².